The van der Waals surface area contributed by atoms with Gasteiger partial charge in [-0.2, -0.15) is 0 Å². The molecule has 2 rings (SSSR count). The summed E-state index contributed by atoms with van der Waals surface area (Å²) in [5, 5.41) is 2.14. The van der Waals surface area contributed by atoms with Crippen LogP contribution in [0.2, 0.25) is 0 Å². The van der Waals surface area contributed by atoms with Gasteiger partial charge in [-0.25, -0.2) is 0 Å². The number of carbonyl (C=O) groups is 1. The van der Waals surface area contributed by atoms with Crippen molar-refractivity contribution in [1.82, 2.24) is 0 Å². The molecule has 0 saturated carbocycles. The highest BCUT2D eigenvalue weighted by Crippen LogP contribution is 2.34. The molecular weight excluding hydrogens is 227 g/mol. The number of allylic oxidation sites excluding steroid dienone is 1. The molecule has 0 fully saturated rings. The molecule has 0 aliphatic heterocycles. The van der Waals surface area contributed by atoms with Crippen molar-refractivity contribution in [1.29, 1.82) is 0 Å². The summed E-state index contributed by atoms with van der Waals surface area (Å²) in [5.41, 5.74) is 0.0948. The summed E-state index contributed by atoms with van der Waals surface area (Å²) in [5.74, 6) is 0. The van der Waals surface area contributed by atoms with Gasteiger partial charge in [-0.15, -0.1) is 0 Å². The van der Waals surface area contributed by atoms with Crippen LogP contribution in [0.4, 0.5) is 0 Å². The molecule has 2 heteroatoms. The molecule has 17 heavy (non-hydrogen) atoms. The molecule has 2 aromatic rings. The second kappa shape index (κ2) is 5.56. The number of carbonyl (C=O) groups excluding carboxylic acids is 1. The summed E-state index contributed by atoms with van der Waals surface area (Å²) in [4.78, 5) is 12.0. The van der Waals surface area contributed by atoms with Gasteiger partial charge in [0.2, 0.25) is 0 Å². The van der Waals surface area contributed by atoms with Crippen molar-refractivity contribution in [3.63, 3.8) is 0 Å². The molecule has 0 amide bonds. The quantitative estimate of drug-likeness (QED) is 0.593. The molecule has 0 aliphatic carbocycles. The molecule has 0 heterocycles. The van der Waals surface area contributed by atoms with Crippen LogP contribution in [0.3, 0.4) is 0 Å². The molecule has 0 spiro atoms. The number of rotatable bonds is 4. The third-order valence-corrected chi connectivity index (χ3v) is 4.68. The first-order chi connectivity index (χ1) is 8.33. The third-order valence-electron chi connectivity index (χ3n) is 2.42. The Balaban J connectivity index is 2.47. The number of benzene rings is 2. The van der Waals surface area contributed by atoms with Gasteiger partial charge in [0.15, 0.2) is 5.52 Å². The van der Waals surface area contributed by atoms with Crippen LogP contribution in [0.15, 0.2) is 73.3 Å². The number of hydrogen-bond donors (Lipinski definition) is 0. The highest BCUT2D eigenvalue weighted by atomic mass is 31.1. The van der Waals surface area contributed by atoms with Gasteiger partial charge in [0.1, 0.15) is 0 Å². The van der Waals surface area contributed by atoms with E-state index in [1.807, 2.05) is 60.7 Å². The second-order valence-electron chi connectivity index (χ2n) is 3.55. The van der Waals surface area contributed by atoms with E-state index < -0.39 is 7.92 Å². The van der Waals surface area contributed by atoms with Crippen molar-refractivity contribution in [2.75, 3.05) is 0 Å². The van der Waals surface area contributed by atoms with Crippen LogP contribution in [-0.2, 0) is 4.79 Å². The molecule has 0 radical (unpaired) electrons. The van der Waals surface area contributed by atoms with E-state index in [2.05, 4.69) is 6.58 Å². The first-order valence-electron chi connectivity index (χ1n) is 5.39. The van der Waals surface area contributed by atoms with E-state index in [0.29, 0.717) is 0 Å². The van der Waals surface area contributed by atoms with Crippen LogP contribution < -0.4 is 10.6 Å². The molecule has 0 N–H and O–H groups in total. The lowest BCUT2D eigenvalue weighted by molar-refractivity contribution is -0.107. The number of hydrogen-bond acceptors (Lipinski definition) is 1. The maximum absolute atomic E-state index is 12.0. The average Bonchev–Trinajstić information content (AvgIpc) is 2.41. The van der Waals surface area contributed by atoms with Crippen LogP contribution in [0.25, 0.3) is 0 Å². The Bertz CT molecular complexity index is 465. The fourth-order valence-electron chi connectivity index (χ4n) is 1.65. The van der Waals surface area contributed by atoms with Gasteiger partial charge in [0, 0.05) is 7.92 Å². The van der Waals surface area contributed by atoms with Crippen molar-refractivity contribution < 1.29 is 4.79 Å². The minimum absolute atomic E-state index is 0.0948. The van der Waals surface area contributed by atoms with Gasteiger partial charge in [0.25, 0.3) is 0 Å². The van der Waals surface area contributed by atoms with E-state index in [1.54, 1.807) is 0 Å². The Kier molecular flexibility index (Phi) is 3.85. The minimum atomic E-state index is -0.969. The third kappa shape index (κ3) is 2.69. The normalized spacial score (nSPS) is 10.2. The van der Waals surface area contributed by atoms with Crippen molar-refractivity contribution in [2.24, 2.45) is 0 Å². The molecule has 0 aromatic heterocycles. The predicted molar refractivity (Wildman–Crippen MR) is 74.3 cm³/mol. The predicted octanol–water partition coefficient (Wildman–Crippen LogP) is 2.83. The molecule has 84 valence electrons. The monoisotopic (exact) mass is 240 g/mol. The minimum Gasteiger partial charge on any atom is -0.289 e. The topological polar surface area (TPSA) is 17.1 Å². The van der Waals surface area contributed by atoms with E-state index in [-0.39, 0.29) is 5.52 Å². The lowest BCUT2D eigenvalue weighted by atomic mass is 10.4. The largest absolute Gasteiger partial charge is 0.289 e. The van der Waals surface area contributed by atoms with Crippen LogP contribution in [-0.4, -0.2) is 5.52 Å². The van der Waals surface area contributed by atoms with Crippen molar-refractivity contribution >= 4 is 24.1 Å². The fraction of sp³-hybridized carbons (Fsp3) is 0. The van der Waals surface area contributed by atoms with E-state index in [1.165, 1.54) is 6.08 Å². The highest BCUT2D eigenvalue weighted by Gasteiger charge is 2.19. The summed E-state index contributed by atoms with van der Waals surface area (Å²) < 4.78 is 0. The molecular formula is C15H13OP. The standard InChI is InChI=1S/C15H13OP/c1-2-15(16)17(13-9-5-3-6-10-13)14-11-7-4-8-12-14/h2-12H,1H2. The van der Waals surface area contributed by atoms with Crippen molar-refractivity contribution in [2.45, 2.75) is 0 Å². The Morgan fingerprint density at radius 3 is 1.65 bits per heavy atom. The average molecular weight is 240 g/mol. The summed E-state index contributed by atoms with van der Waals surface area (Å²) in [6.07, 6.45) is 1.42. The van der Waals surface area contributed by atoms with Gasteiger partial charge >= 0.3 is 0 Å². The first kappa shape index (κ1) is 11.8. The molecule has 0 aliphatic rings. The Hall–Kier alpha value is -1.72. The lowest BCUT2D eigenvalue weighted by Gasteiger charge is -2.14. The maximum atomic E-state index is 12.0. The van der Waals surface area contributed by atoms with Crippen molar-refractivity contribution in [3.8, 4) is 0 Å². The first-order valence-corrected chi connectivity index (χ1v) is 6.73. The SMILES string of the molecule is C=CC(=O)P(c1ccccc1)c1ccccc1. The molecule has 1 nitrogen and oxygen atoms in total. The van der Waals surface area contributed by atoms with Crippen LogP contribution >= 0.6 is 7.92 Å². The van der Waals surface area contributed by atoms with Crippen molar-refractivity contribution in [3.05, 3.63) is 73.3 Å². The van der Waals surface area contributed by atoms with Crippen LogP contribution in [0.5, 0.6) is 0 Å². The highest BCUT2D eigenvalue weighted by molar-refractivity contribution is 7.88. The molecule has 0 atom stereocenters. The smallest absolute Gasteiger partial charge is 0.185 e. The fourth-order valence-corrected chi connectivity index (χ4v) is 3.58. The van der Waals surface area contributed by atoms with E-state index in [4.69, 9.17) is 0 Å². The molecule has 2 aromatic carbocycles. The van der Waals surface area contributed by atoms with E-state index in [0.717, 1.165) is 10.6 Å². The van der Waals surface area contributed by atoms with Crippen LogP contribution in [0, 0.1) is 0 Å². The summed E-state index contributed by atoms with van der Waals surface area (Å²) in [6, 6.07) is 19.8. The van der Waals surface area contributed by atoms with Gasteiger partial charge in [0.05, 0.1) is 0 Å². The summed E-state index contributed by atoms with van der Waals surface area (Å²) >= 11 is 0. The Morgan fingerprint density at radius 2 is 1.29 bits per heavy atom. The molecule has 0 saturated heterocycles. The van der Waals surface area contributed by atoms with Gasteiger partial charge < -0.3 is 0 Å². The zero-order valence-corrected chi connectivity index (χ0v) is 10.3. The maximum Gasteiger partial charge on any atom is 0.185 e. The zero-order chi connectivity index (χ0) is 12.1. The van der Waals surface area contributed by atoms with Crippen LogP contribution in [0.1, 0.15) is 0 Å². The van der Waals surface area contributed by atoms with Gasteiger partial charge in [-0.05, 0) is 16.7 Å². The van der Waals surface area contributed by atoms with Gasteiger partial charge in [-0.1, -0.05) is 67.2 Å². The van der Waals surface area contributed by atoms with E-state index in [9.17, 15) is 4.79 Å². The lowest BCUT2D eigenvalue weighted by Crippen LogP contribution is -2.16. The summed E-state index contributed by atoms with van der Waals surface area (Å²) in [6.45, 7) is 3.60. The van der Waals surface area contributed by atoms with Gasteiger partial charge in [-0.3, -0.25) is 4.79 Å². The Labute approximate surface area is 103 Å². The molecule has 0 bridgehead atoms. The zero-order valence-electron chi connectivity index (χ0n) is 9.41. The van der Waals surface area contributed by atoms with E-state index >= 15 is 0 Å². The second-order valence-corrected chi connectivity index (χ2v) is 5.69. The Morgan fingerprint density at radius 1 is 0.882 bits per heavy atom. The summed E-state index contributed by atoms with van der Waals surface area (Å²) in [7, 11) is -0.969. The molecule has 0 unspecified atom stereocenters.